The number of nitrogens with zero attached hydrogens (tertiary/aromatic N) is 2. The highest BCUT2D eigenvalue weighted by atomic mass is 14.9. The summed E-state index contributed by atoms with van der Waals surface area (Å²) >= 11 is 0. The summed E-state index contributed by atoms with van der Waals surface area (Å²) in [6, 6.07) is 20.6. The van der Waals surface area contributed by atoms with Crippen LogP contribution in [0.4, 0.5) is 11.4 Å². The maximum Gasteiger partial charge on any atom is 0.0726 e. The second kappa shape index (κ2) is 5.36. The summed E-state index contributed by atoms with van der Waals surface area (Å²) in [5.74, 6) is 0. The number of benzene rings is 2. The smallest absolute Gasteiger partial charge is 0.0726 e. The number of hydrogen-bond acceptors (Lipinski definition) is 3. The minimum absolute atomic E-state index is 1.00. The first-order valence-corrected chi connectivity index (χ1v) is 7.70. The first-order valence-electron chi connectivity index (χ1n) is 7.70. The average molecular weight is 299 g/mol. The van der Waals surface area contributed by atoms with Crippen molar-refractivity contribution in [3.05, 3.63) is 72.1 Å². The Bertz CT molecular complexity index is 938. The number of aryl methyl sites for hydroxylation is 2. The lowest BCUT2D eigenvalue weighted by molar-refractivity contribution is 1.24. The van der Waals surface area contributed by atoms with Gasteiger partial charge in [0.05, 0.1) is 11.0 Å². The predicted molar refractivity (Wildman–Crippen MR) is 96.2 cm³/mol. The molecular formula is C20H17N3. The molecular weight excluding hydrogens is 282 g/mol. The normalized spacial score (nSPS) is 11.0. The van der Waals surface area contributed by atoms with Gasteiger partial charge in [-0.3, -0.25) is 9.97 Å². The summed E-state index contributed by atoms with van der Waals surface area (Å²) in [5.41, 5.74) is 6.16. The van der Waals surface area contributed by atoms with Gasteiger partial charge in [-0.1, -0.05) is 36.4 Å². The molecule has 0 aliphatic carbocycles. The molecule has 4 aromatic rings. The van der Waals surface area contributed by atoms with E-state index in [1.165, 1.54) is 0 Å². The summed E-state index contributed by atoms with van der Waals surface area (Å²) in [7, 11) is 0. The van der Waals surface area contributed by atoms with E-state index in [4.69, 9.17) is 0 Å². The number of pyridine rings is 2. The maximum absolute atomic E-state index is 4.61. The molecule has 3 nitrogen and oxygen atoms in total. The van der Waals surface area contributed by atoms with E-state index in [1.807, 2.05) is 50.2 Å². The SMILES string of the molecule is Cc1cc(Nc2cc(C)nc3ccccc23)c2ccccc2n1. The van der Waals surface area contributed by atoms with Crippen LogP contribution in [-0.4, -0.2) is 9.97 Å². The first-order chi connectivity index (χ1) is 11.2. The lowest BCUT2D eigenvalue weighted by Gasteiger charge is -2.13. The summed E-state index contributed by atoms with van der Waals surface area (Å²) in [4.78, 5) is 9.21. The van der Waals surface area contributed by atoms with Gasteiger partial charge >= 0.3 is 0 Å². The molecule has 2 aromatic heterocycles. The number of hydrogen-bond donors (Lipinski definition) is 1. The van der Waals surface area contributed by atoms with E-state index in [1.54, 1.807) is 0 Å². The molecule has 0 radical (unpaired) electrons. The maximum atomic E-state index is 4.61. The van der Waals surface area contributed by atoms with E-state index in [2.05, 4.69) is 39.6 Å². The van der Waals surface area contributed by atoms with Gasteiger partial charge in [0, 0.05) is 33.5 Å². The van der Waals surface area contributed by atoms with Crippen LogP contribution in [0.1, 0.15) is 11.4 Å². The van der Waals surface area contributed by atoms with Crippen molar-refractivity contribution in [3.8, 4) is 0 Å². The van der Waals surface area contributed by atoms with Crippen LogP contribution in [0.5, 0.6) is 0 Å². The van der Waals surface area contributed by atoms with Crippen molar-refractivity contribution in [1.29, 1.82) is 0 Å². The van der Waals surface area contributed by atoms with Crippen LogP contribution >= 0.6 is 0 Å². The summed E-state index contributed by atoms with van der Waals surface area (Å²) < 4.78 is 0. The Labute approximate surface area is 135 Å². The molecule has 0 amide bonds. The van der Waals surface area contributed by atoms with Gasteiger partial charge in [-0.2, -0.15) is 0 Å². The fraction of sp³-hybridized carbons (Fsp3) is 0.100. The van der Waals surface area contributed by atoms with Gasteiger partial charge in [-0.15, -0.1) is 0 Å². The molecule has 0 saturated carbocycles. The molecule has 0 aliphatic rings. The minimum Gasteiger partial charge on any atom is -0.354 e. The lowest BCUT2D eigenvalue weighted by Crippen LogP contribution is -1.97. The van der Waals surface area contributed by atoms with Crippen molar-refractivity contribution < 1.29 is 0 Å². The molecule has 0 aliphatic heterocycles. The standard InChI is InChI=1S/C20H17N3/c1-13-11-19(15-7-3-5-9-17(15)21-13)23-20-12-14(2)22-18-10-6-4-8-16(18)20/h3-12H,1-2H3,(H,21,22,23). The Kier molecular flexibility index (Phi) is 3.19. The van der Waals surface area contributed by atoms with E-state index in [9.17, 15) is 0 Å². The Morgan fingerprint density at radius 3 is 1.57 bits per heavy atom. The van der Waals surface area contributed by atoms with Crippen molar-refractivity contribution in [3.63, 3.8) is 0 Å². The summed E-state index contributed by atoms with van der Waals surface area (Å²) in [6.45, 7) is 4.04. The average Bonchev–Trinajstić information content (AvgIpc) is 2.54. The van der Waals surface area contributed by atoms with E-state index < -0.39 is 0 Å². The van der Waals surface area contributed by atoms with Crippen LogP contribution in [0.2, 0.25) is 0 Å². The molecule has 2 heterocycles. The topological polar surface area (TPSA) is 37.8 Å². The molecule has 0 fully saturated rings. The molecule has 2 aromatic carbocycles. The van der Waals surface area contributed by atoms with Crippen molar-refractivity contribution in [2.24, 2.45) is 0 Å². The van der Waals surface area contributed by atoms with Crippen molar-refractivity contribution in [2.75, 3.05) is 5.32 Å². The highest BCUT2D eigenvalue weighted by Crippen LogP contribution is 2.30. The van der Waals surface area contributed by atoms with Crippen LogP contribution in [0.3, 0.4) is 0 Å². The highest BCUT2D eigenvalue weighted by molar-refractivity contribution is 5.98. The fourth-order valence-electron chi connectivity index (χ4n) is 2.97. The van der Waals surface area contributed by atoms with E-state index >= 15 is 0 Å². The van der Waals surface area contributed by atoms with Crippen molar-refractivity contribution in [1.82, 2.24) is 9.97 Å². The van der Waals surface area contributed by atoms with Gasteiger partial charge in [0.15, 0.2) is 0 Å². The van der Waals surface area contributed by atoms with E-state index in [-0.39, 0.29) is 0 Å². The number of rotatable bonds is 2. The van der Waals surface area contributed by atoms with Gasteiger partial charge in [-0.05, 0) is 38.1 Å². The van der Waals surface area contributed by atoms with Crippen molar-refractivity contribution in [2.45, 2.75) is 13.8 Å². The third kappa shape index (κ3) is 2.50. The van der Waals surface area contributed by atoms with Gasteiger partial charge in [0.2, 0.25) is 0 Å². The molecule has 4 rings (SSSR count). The van der Waals surface area contributed by atoms with Gasteiger partial charge < -0.3 is 5.32 Å². The largest absolute Gasteiger partial charge is 0.354 e. The molecule has 0 spiro atoms. The Morgan fingerprint density at radius 1 is 0.652 bits per heavy atom. The molecule has 0 saturated heterocycles. The Hall–Kier alpha value is -2.94. The number of fused-ring (bicyclic) bond motifs is 2. The molecule has 0 unspecified atom stereocenters. The van der Waals surface area contributed by atoms with E-state index in [0.29, 0.717) is 0 Å². The summed E-state index contributed by atoms with van der Waals surface area (Å²) in [5, 5.41) is 5.84. The number of para-hydroxylation sites is 2. The van der Waals surface area contributed by atoms with Crippen molar-refractivity contribution >= 4 is 33.2 Å². The van der Waals surface area contributed by atoms with Crippen LogP contribution in [0.15, 0.2) is 60.7 Å². The molecule has 1 N–H and O–H groups in total. The zero-order valence-electron chi connectivity index (χ0n) is 13.2. The second-order valence-corrected chi connectivity index (χ2v) is 5.78. The minimum atomic E-state index is 1.00. The van der Waals surface area contributed by atoms with Crippen LogP contribution in [0, 0.1) is 13.8 Å². The first kappa shape index (κ1) is 13.7. The summed E-state index contributed by atoms with van der Waals surface area (Å²) in [6.07, 6.45) is 0. The van der Waals surface area contributed by atoms with Gasteiger partial charge in [-0.25, -0.2) is 0 Å². The lowest BCUT2D eigenvalue weighted by atomic mass is 10.1. The molecule has 0 bridgehead atoms. The fourth-order valence-corrected chi connectivity index (χ4v) is 2.97. The molecule has 0 atom stereocenters. The van der Waals surface area contributed by atoms with Crippen LogP contribution in [-0.2, 0) is 0 Å². The highest BCUT2D eigenvalue weighted by Gasteiger charge is 2.07. The Morgan fingerprint density at radius 2 is 1.09 bits per heavy atom. The number of anilines is 2. The zero-order chi connectivity index (χ0) is 15.8. The zero-order valence-corrected chi connectivity index (χ0v) is 13.2. The van der Waals surface area contributed by atoms with Crippen LogP contribution in [0.25, 0.3) is 21.8 Å². The van der Waals surface area contributed by atoms with E-state index in [0.717, 1.165) is 44.6 Å². The Balaban J connectivity index is 1.92. The monoisotopic (exact) mass is 299 g/mol. The third-order valence-corrected chi connectivity index (χ3v) is 3.96. The number of nitrogens with one attached hydrogen (secondary N) is 1. The second-order valence-electron chi connectivity index (χ2n) is 5.78. The van der Waals surface area contributed by atoms with Gasteiger partial charge in [0.25, 0.3) is 0 Å². The number of aromatic nitrogens is 2. The molecule has 112 valence electrons. The van der Waals surface area contributed by atoms with Gasteiger partial charge in [0.1, 0.15) is 0 Å². The predicted octanol–water partition coefficient (Wildman–Crippen LogP) is 5.14. The molecule has 3 heteroatoms. The molecule has 23 heavy (non-hydrogen) atoms. The quantitative estimate of drug-likeness (QED) is 0.556. The van der Waals surface area contributed by atoms with Crippen LogP contribution < -0.4 is 5.32 Å². The third-order valence-electron chi connectivity index (χ3n) is 3.96.